The van der Waals surface area contributed by atoms with Crippen LogP contribution in [0.25, 0.3) is 0 Å². The summed E-state index contributed by atoms with van der Waals surface area (Å²) in [6.45, 7) is 13.9. The zero-order valence-electron chi connectivity index (χ0n) is 36.3. The lowest BCUT2D eigenvalue weighted by molar-refractivity contribution is -0.151. The maximum Gasteiger partial charge on any atom is 0.372 e. The van der Waals surface area contributed by atoms with E-state index in [1.54, 1.807) is 0 Å². The first-order chi connectivity index (χ1) is 29.1. The molecule has 0 aliphatic carbocycles. The first-order valence-electron chi connectivity index (χ1n) is 21.9. The van der Waals surface area contributed by atoms with Crippen LogP contribution in [0.5, 0.6) is 0 Å². The van der Waals surface area contributed by atoms with Crippen molar-refractivity contribution in [3.8, 4) is 0 Å². The fourth-order valence-electron chi connectivity index (χ4n) is 5.00. The molecule has 0 fully saturated rings. The van der Waals surface area contributed by atoms with Gasteiger partial charge in [0.2, 0.25) is 5.78 Å². The fraction of sp³-hybridized carbons (Fsp3) is 0.929. The predicted molar refractivity (Wildman–Crippen MR) is 219 cm³/mol. The van der Waals surface area contributed by atoms with Crippen molar-refractivity contribution in [2.45, 2.75) is 90.4 Å². The van der Waals surface area contributed by atoms with Gasteiger partial charge in [-0.3, -0.25) is 9.59 Å². The van der Waals surface area contributed by atoms with Gasteiger partial charge in [-0.1, -0.05) is 71.1 Å². The molecular formula is C42H80O17. The van der Waals surface area contributed by atoms with E-state index in [0.717, 1.165) is 13.0 Å². The smallest absolute Gasteiger partial charge is 0.372 e. The van der Waals surface area contributed by atoms with Crippen LogP contribution >= 0.6 is 0 Å². The van der Waals surface area contributed by atoms with Crippen molar-refractivity contribution in [2.75, 3.05) is 165 Å². The molecule has 0 aromatic heterocycles. The summed E-state index contributed by atoms with van der Waals surface area (Å²) in [6, 6.07) is 0. The van der Waals surface area contributed by atoms with Crippen LogP contribution in [0.4, 0.5) is 0 Å². The summed E-state index contributed by atoms with van der Waals surface area (Å²) in [5.74, 6) is -3.24. The van der Waals surface area contributed by atoms with E-state index in [-0.39, 0.29) is 26.1 Å². The summed E-state index contributed by atoms with van der Waals surface area (Å²) >= 11 is 0. The molecule has 0 saturated heterocycles. The van der Waals surface area contributed by atoms with Gasteiger partial charge in [-0.2, -0.15) is 0 Å². The Balaban J connectivity index is 3.11. The minimum atomic E-state index is -1.56. The largest absolute Gasteiger partial charge is 0.476 e. The second-order valence-corrected chi connectivity index (χ2v) is 13.3. The predicted octanol–water partition coefficient (Wildman–Crippen LogP) is 4.47. The number of hydrogen-bond donors (Lipinski definition) is 1. The normalized spacial score (nSPS) is 11.4. The lowest BCUT2D eigenvalue weighted by atomic mass is 10.1. The third-order valence-corrected chi connectivity index (χ3v) is 8.27. The molecule has 59 heavy (non-hydrogen) atoms. The van der Waals surface area contributed by atoms with E-state index in [1.807, 2.05) is 0 Å². The molecule has 17 heteroatoms. The fourth-order valence-corrected chi connectivity index (χ4v) is 5.00. The zero-order chi connectivity index (χ0) is 42.8. The summed E-state index contributed by atoms with van der Waals surface area (Å²) in [5, 5.41) is 8.46. The van der Waals surface area contributed by atoms with Gasteiger partial charge in [-0.05, 0) is 6.42 Å². The monoisotopic (exact) mass is 857 g/mol. The molecule has 1 N–H and O–H groups in total. The molecule has 0 amide bonds. The summed E-state index contributed by atoms with van der Waals surface area (Å²) < 4.78 is 70.6. The Morgan fingerprint density at radius 1 is 0.305 bits per heavy atom. The Hall–Kier alpha value is -1.87. The number of carbonyl (C=O) groups is 3. The molecule has 0 atom stereocenters. The Labute approximate surface area is 353 Å². The quantitative estimate of drug-likeness (QED) is 0.0512. The van der Waals surface area contributed by atoms with Crippen LogP contribution < -0.4 is 0 Å². The zero-order valence-corrected chi connectivity index (χ0v) is 36.3. The van der Waals surface area contributed by atoms with E-state index < -0.39 is 17.7 Å². The van der Waals surface area contributed by atoms with Gasteiger partial charge in [0.25, 0.3) is 0 Å². The van der Waals surface area contributed by atoms with Crippen LogP contribution in [-0.4, -0.2) is 188 Å². The number of carboxylic acids is 1. The number of ketones is 1. The highest BCUT2D eigenvalue weighted by Gasteiger charge is 2.14. The minimum absolute atomic E-state index is 0.0132. The van der Waals surface area contributed by atoms with Crippen molar-refractivity contribution in [1.29, 1.82) is 0 Å². The molecule has 0 radical (unpaired) electrons. The number of Topliss-reactive ketones (excluding diaryl/α,β-unsaturated/α-hetero) is 1. The van der Waals surface area contributed by atoms with E-state index in [4.69, 9.17) is 66.7 Å². The highest BCUT2D eigenvalue weighted by Crippen LogP contribution is 2.11. The standard InChI is InChI=1S/C42H80O17/c1-2-3-4-5-6-7-8-9-10-11-12-15-47-16-17-48-18-19-49-20-21-50-22-23-51-24-25-52-26-27-53-28-29-54-30-31-55-32-33-56-34-35-57-36-37-58-38-39-59-41(44)14-13-40(43)42(45)46/h2-39H2,1H3,(H,45,46). The van der Waals surface area contributed by atoms with Gasteiger partial charge in [-0.15, -0.1) is 0 Å². The summed E-state index contributed by atoms with van der Waals surface area (Å²) in [7, 11) is 0. The van der Waals surface area contributed by atoms with E-state index in [2.05, 4.69) is 6.92 Å². The second kappa shape index (κ2) is 50.5. The number of ether oxygens (including phenoxy) is 13. The molecule has 0 rings (SSSR count). The lowest BCUT2D eigenvalue weighted by Gasteiger charge is -2.09. The number of carboxylic acid groups (broad SMARTS) is 1. The van der Waals surface area contributed by atoms with Gasteiger partial charge in [0.15, 0.2) is 0 Å². The highest BCUT2D eigenvalue weighted by atomic mass is 16.6. The van der Waals surface area contributed by atoms with Crippen molar-refractivity contribution in [2.24, 2.45) is 0 Å². The summed E-state index contributed by atoms with van der Waals surface area (Å²) in [6.07, 6.45) is 14.1. The molecule has 0 spiro atoms. The summed E-state index contributed by atoms with van der Waals surface area (Å²) in [4.78, 5) is 32.7. The Bertz CT molecular complexity index is 882. The molecular weight excluding hydrogens is 776 g/mol. The van der Waals surface area contributed by atoms with E-state index in [9.17, 15) is 14.4 Å². The number of aliphatic carboxylic acids is 1. The van der Waals surface area contributed by atoms with Crippen molar-refractivity contribution in [1.82, 2.24) is 0 Å². The SMILES string of the molecule is CCCCCCCCCCCCCOCCOCCOCCOCCOCCOCCOCCOCCOCCOCCOCCOCCOC(=O)CCC(=O)C(=O)O. The van der Waals surface area contributed by atoms with Crippen LogP contribution in [-0.2, 0) is 76.0 Å². The van der Waals surface area contributed by atoms with Gasteiger partial charge in [0.1, 0.15) is 6.61 Å². The van der Waals surface area contributed by atoms with Gasteiger partial charge in [0.05, 0.1) is 158 Å². The maximum absolute atomic E-state index is 11.4. The van der Waals surface area contributed by atoms with Crippen molar-refractivity contribution in [3.63, 3.8) is 0 Å². The van der Waals surface area contributed by atoms with Crippen molar-refractivity contribution < 1.29 is 81.1 Å². The molecule has 0 aromatic rings. The topological polar surface area (TPSA) is 191 Å². The van der Waals surface area contributed by atoms with Gasteiger partial charge in [-0.25, -0.2) is 4.79 Å². The number of unbranched alkanes of at least 4 members (excludes halogenated alkanes) is 10. The first-order valence-corrected chi connectivity index (χ1v) is 21.9. The molecule has 350 valence electrons. The average Bonchev–Trinajstić information content (AvgIpc) is 3.23. The molecule has 0 saturated carbocycles. The number of rotatable bonds is 52. The van der Waals surface area contributed by atoms with Crippen LogP contribution in [0.2, 0.25) is 0 Å². The van der Waals surface area contributed by atoms with Crippen molar-refractivity contribution in [3.05, 3.63) is 0 Å². The third kappa shape index (κ3) is 50.4. The first kappa shape index (κ1) is 57.1. The molecule has 0 heterocycles. The molecule has 0 aliphatic heterocycles. The molecule has 17 nitrogen and oxygen atoms in total. The van der Waals surface area contributed by atoms with Crippen molar-refractivity contribution >= 4 is 17.7 Å². The van der Waals surface area contributed by atoms with Crippen LogP contribution in [0, 0.1) is 0 Å². The molecule has 0 unspecified atom stereocenters. The lowest BCUT2D eigenvalue weighted by Crippen LogP contribution is -2.17. The molecule has 0 aromatic carbocycles. The number of esters is 1. The van der Waals surface area contributed by atoms with Crippen LogP contribution in [0.3, 0.4) is 0 Å². The maximum atomic E-state index is 11.4. The molecule has 0 aliphatic rings. The number of carbonyl (C=O) groups excluding carboxylic acids is 2. The van der Waals surface area contributed by atoms with E-state index in [0.29, 0.717) is 145 Å². The van der Waals surface area contributed by atoms with E-state index >= 15 is 0 Å². The Kier molecular flexibility index (Phi) is 48.9. The number of hydrogen-bond acceptors (Lipinski definition) is 16. The second-order valence-electron chi connectivity index (χ2n) is 13.3. The molecule has 0 bridgehead atoms. The third-order valence-electron chi connectivity index (χ3n) is 8.27. The Morgan fingerprint density at radius 2 is 0.542 bits per heavy atom. The van der Waals surface area contributed by atoms with Crippen LogP contribution in [0.1, 0.15) is 90.4 Å². The van der Waals surface area contributed by atoms with Crippen LogP contribution in [0.15, 0.2) is 0 Å². The van der Waals surface area contributed by atoms with Gasteiger partial charge < -0.3 is 66.7 Å². The highest BCUT2D eigenvalue weighted by molar-refractivity contribution is 6.32. The summed E-state index contributed by atoms with van der Waals surface area (Å²) in [5.41, 5.74) is 0. The average molecular weight is 857 g/mol. The minimum Gasteiger partial charge on any atom is -0.476 e. The van der Waals surface area contributed by atoms with Gasteiger partial charge >= 0.3 is 11.9 Å². The Morgan fingerprint density at radius 3 is 0.814 bits per heavy atom. The van der Waals surface area contributed by atoms with E-state index in [1.165, 1.54) is 64.2 Å². The van der Waals surface area contributed by atoms with Gasteiger partial charge in [0, 0.05) is 13.0 Å².